The molecule has 0 radical (unpaired) electrons. The second kappa shape index (κ2) is 8.59. The second-order valence-electron chi connectivity index (χ2n) is 3.43. The summed E-state index contributed by atoms with van der Waals surface area (Å²) in [6.45, 7) is 4.31. The van der Waals surface area contributed by atoms with E-state index in [0.717, 1.165) is 0 Å². The number of isocyanates is 2. The Hall–Kier alpha value is -2.54. The molecule has 4 nitrogen and oxygen atoms in total. The zero-order chi connectivity index (χ0) is 14.0. The Kier molecular flexibility index (Phi) is 7.38. The zero-order valence-electron chi connectivity index (χ0n) is 10.2. The number of carbonyl (C=O) groups excluding carboxylic acids is 2. The van der Waals surface area contributed by atoms with Crippen molar-refractivity contribution in [2.45, 2.75) is 13.8 Å². The van der Waals surface area contributed by atoms with Gasteiger partial charge >= 0.3 is 0 Å². The first-order chi connectivity index (χ1) is 8.62. The summed E-state index contributed by atoms with van der Waals surface area (Å²) in [6, 6.07) is 12.9. The largest absolute Gasteiger partial charge is 0.724 e. The van der Waals surface area contributed by atoms with E-state index < -0.39 is 0 Å². The van der Waals surface area contributed by atoms with Gasteiger partial charge in [0.1, 0.15) is 0 Å². The van der Waals surface area contributed by atoms with Crippen molar-refractivity contribution in [3.05, 3.63) is 58.3 Å². The van der Waals surface area contributed by atoms with Crippen LogP contribution in [0.3, 0.4) is 0 Å². The van der Waals surface area contributed by atoms with Crippen LogP contribution in [0.1, 0.15) is 11.1 Å². The number of hydrogen-bond donors (Lipinski definition) is 0. The number of fused-ring (bicyclic) bond motifs is 1. The highest BCUT2D eigenvalue weighted by molar-refractivity contribution is 5.88. The molecule has 0 spiro atoms. The third-order valence-electron chi connectivity index (χ3n) is 2.36. The Morgan fingerprint density at radius 1 is 0.778 bits per heavy atom. The van der Waals surface area contributed by atoms with Crippen LogP contribution in [0.25, 0.3) is 21.6 Å². The Morgan fingerprint density at radius 3 is 1.33 bits per heavy atom. The summed E-state index contributed by atoms with van der Waals surface area (Å²) in [5.41, 5.74) is 2.72. The maximum absolute atomic E-state index is 8.24. The first kappa shape index (κ1) is 15.5. The van der Waals surface area contributed by atoms with Gasteiger partial charge in [0.05, 0.1) is 0 Å². The smallest absolute Gasteiger partial charge is 0.0152 e. The fourth-order valence-electron chi connectivity index (χ4n) is 1.60. The van der Waals surface area contributed by atoms with Crippen LogP contribution in [0.2, 0.25) is 0 Å². The van der Waals surface area contributed by atoms with Gasteiger partial charge in [0.25, 0.3) is 0 Å². The molecule has 0 unspecified atom stereocenters. The lowest BCUT2D eigenvalue weighted by atomic mass is 10.0. The van der Waals surface area contributed by atoms with Crippen molar-refractivity contribution in [2.24, 2.45) is 0 Å². The molecular formula is C14H12N2O2-2. The van der Waals surface area contributed by atoms with E-state index in [9.17, 15) is 0 Å². The molecule has 0 aliphatic rings. The predicted octanol–water partition coefficient (Wildman–Crippen LogP) is 3.24. The van der Waals surface area contributed by atoms with Crippen LogP contribution in [0.15, 0.2) is 36.4 Å². The Bertz CT molecular complexity index is 527. The van der Waals surface area contributed by atoms with E-state index in [1.165, 1.54) is 21.9 Å². The molecule has 0 aliphatic heterocycles. The van der Waals surface area contributed by atoms with Gasteiger partial charge in [-0.1, -0.05) is 36.4 Å². The molecule has 2 rings (SSSR count). The molecule has 0 amide bonds. The van der Waals surface area contributed by atoms with E-state index >= 15 is 0 Å². The molecule has 18 heavy (non-hydrogen) atoms. The van der Waals surface area contributed by atoms with Crippen LogP contribution in [0.4, 0.5) is 0 Å². The van der Waals surface area contributed by atoms with E-state index in [0.29, 0.717) is 12.2 Å². The minimum absolute atomic E-state index is 0.500. The van der Waals surface area contributed by atoms with Gasteiger partial charge in [-0.2, -0.15) is 0 Å². The molecule has 4 heteroatoms. The SMILES string of the molecule is Cc1ccc(C)c2ccccc12.[N-]=C=O.[N-]=C=O. The molecule has 0 atom stereocenters. The number of benzene rings is 2. The summed E-state index contributed by atoms with van der Waals surface area (Å²) in [6.07, 6.45) is 1.00. The van der Waals surface area contributed by atoms with E-state index in [4.69, 9.17) is 20.4 Å². The molecule has 0 aromatic heterocycles. The Morgan fingerprint density at radius 2 is 1.06 bits per heavy atom. The number of aryl methyl sites for hydroxylation is 2. The number of hydrogen-bond acceptors (Lipinski definition) is 2. The zero-order valence-corrected chi connectivity index (χ0v) is 10.2. The van der Waals surface area contributed by atoms with Crippen molar-refractivity contribution in [2.75, 3.05) is 0 Å². The summed E-state index contributed by atoms with van der Waals surface area (Å²) >= 11 is 0. The minimum Gasteiger partial charge on any atom is -0.724 e. The monoisotopic (exact) mass is 240 g/mol. The van der Waals surface area contributed by atoms with E-state index in [1.54, 1.807) is 0 Å². The van der Waals surface area contributed by atoms with Gasteiger partial charge in [0.2, 0.25) is 0 Å². The van der Waals surface area contributed by atoms with Gasteiger partial charge in [-0.3, -0.25) is 9.59 Å². The summed E-state index contributed by atoms with van der Waals surface area (Å²) in [5, 5.41) is 16.3. The van der Waals surface area contributed by atoms with Crippen molar-refractivity contribution < 1.29 is 9.59 Å². The standard InChI is InChI=1S/C12H12.2CNO/c1-9-7-8-10(2)12-6-4-3-5-11(9)12;2*2-1-3/h3-8H,1-2H3;;/q;2*-1. The highest BCUT2D eigenvalue weighted by atomic mass is 16.1. The third kappa shape index (κ3) is 4.54. The first-order valence-electron chi connectivity index (χ1n) is 5.09. The summed E-state index contributed by atoms with van der Waals surface area (Å²) in [7, 11) is 0. The van der Waals surface area contributed by atoms with Crippen molar-refractivity contribution in [1.82, 2.24) is 0 Å². The number of nitrogens with zero attached hydrogens (tertiary/aromatic N) is 2. The molecule has 0 N–H and O–H groups in total. The average molecular weight is 240 g/mol. The summed E-state index contributed by atoms with van der Waals surface area (Å²) in [5.74, 6) is 0. The molecule has 0 saturated heterocycles. The Labute approximate surface area is 105 Å². The fraction of sp³-hybridized carbons (Fsp3) is 0.143. The Balaban J connectivity index is 0.000000414. The van der Waals surface area contributed by atoms with Gasteiger partial charge < -0.3 is 10.8 Å². The highest BCUT2D eigenvalue weighted by Crippen LogP contribution is 2.20. The average Bonchev–Trinajstić information content (AvgIpc) is 2.36. The maximum atomic E-state index is 8.24. The molecule has 0 saturated carbocycles. The van der Waals surface area contributed by atoms with Crippen LogP contribution >= 0.6 is 0 Å². The lowest BCUT2D eigenvalue weighted by Gasteiger charge is -2.03. The van der Waals surface area contributed by atoms with E-state index in [1.807, 2.05) is 0 Å². The van der Waals surface area contributed by atoms with Gasteiger partial charge in [-0.05, 0) is 47.9 Å². The van der Waals surface area contributed by atoms with Crippen LogP contribution in [0.5, 0.6) is 0 Å². The molecule has 0 fully saturated rings. The lowest BCUT2D eigenvalue weighted by molar-refractivity contribution is 0.568. The van der Waals surface area contributed by atoms with Crippen molar-refractivity contribution in [3.8, 4) is 0 Å². The topological polar surface area (TPSA) is 78.7 Å². The molecule has 92 valence electrons. The van der Waals surface area contributed by atoms with Crippen molar-refractivity contribution in [1.29, 1.82) is 0 Å². The lowest BCUT2D eigenvalue weighted by Crippen LogP contribution is -1.80. The second-order valence-corrected chi connectivity index (χ2v) is 3.43. The van der Waals surface area contributed by atoms with Crippen LogP contribution in [0, 0.1) is 13.8 Å². The molecule has 2 aromatic rings. The summed E-state index contributed by atoms with van der Waals surface area (Å²) < 4.78 is 0. The van der Waals surface area contributed by atoms with Gasteiger partial charge in [0, 0.05) is 0 Å². The quantitative estimate of drug-likeness (QED) is 0.523. The molecule has 0 heterocycles. The van der Waals surface area contributed by atoms with Crippen LogP contribution < -0.4 is 0 Å². The van der Waals surface area contributed by atoms with Gasteiger partial charge in [-0.25, -0.2) is 0 Å². The number of rotatable bonds is 0. The summed E-state index contributed by atoms with van der Waals surface area (Å²) in [4.78, 5) is 16.5. The predicted molar refractivity (Wildman–Crippen MR) is 71.5 cm³/mol. The normalized spacial score (nSPS) is 7.89. The maximum Gasteiger partial charge on any atom is -0.0152 e. The molecule has 2 aromatic carbocycles. The first-order valence-corrected chi connectivity index (χ1v) is 5.09. The van der Waals surface area contributed by atoms with Gasteiger partial charge in [-0.15, -0.1) is 0 Å². The highest BCUT2D eigenvalue weighted by Gasteiger charge is 1.97. The minimum atomic E-state index is 0.500. The van der Waals surface area contributed by atoms with Crippen LogP contribution in [-0.2, 0) is 9.59 Å². The van der Waals surface area contributed by atoms with E-state index in [2.05, 4.69) is 50.2 Å². The molecule has 0 bridgehead atoms. The fourth-order valence-corrected chi connectivity index (χ4v) is 1.60. The molecule has 0 aliphatic carbocycles. The van der Waals surface area contributed by atoms with Gasteiger partial charge in [0.15, 0.2) is 0 Å². The van der Waals surface area contributed by atoms with Crippen LogP contribution in [-0.4, -0.2) is 12.2 Å². The van der Waals surface area contributed by atoms with Crippen molar-refractivity contribution in [3.63, 3.8) is 0 Å². The van der Waals surface area contributed by atoms with Crippen molar-refractivity contribution >= 4 is 22.9 Å². The molecular weight excluding hydrogens is 228 g/mol. The van der Waals surface area contributed by atoms with E-state index in [-0.39, 0.29) is 0 Å². The third-order valence-corrected chi connectivity index (χ3v) is 2.36.